The highest BCUT2D eigenvalue weighted by Gasteiger charge is 2.45. The maximum Gasteiger partial charge on any atom is 0.519 e. The number of aromatic hydroxyl groups is 1. The van der Waals surface area contributed by atoms with Crippen LogP contribution in [-0.4, -0.2) is 35.5 Å². The molecule has 1 heterocycles. The number of phenols is 1. The molecule has 0 atom stereocenters. The van der Waals surface area contributed by atoms with Gasteiger partial charge in [0.2, 0.25) is 0 Å². The van der Waals surface area contributed by atoms with Crippen LogP contribution in [0, 0.1) is 10.1 Å². The number of nitrogens with two attached hydrogens (primary N) is 1. The van der Waals surface area contributed by atoms with Gasteiger partial charge in [-0.25, -0.2) is 9.59 Å². The third kappa shape index (κ3) is 8.15. The maximum atomic E-state index is 12.5. The number of hydrogen-bond donors (Lipinski definition) is 2. The third-order valence-corrected chi connectivity index (χ3v) is 36.6. The van der Waals surface area contributed by atoms with Crippen LogP contribution in [0.2, 0.25) is 0 Å². The zero-order valence-electron chi connectivity index (χ0n) is 20.9. The molecule has 3 N–H and O–H groups in total. The fourth-order valence-corrected chi connectivity index (χ4v) is 45.7. The van der Waals surface area contributed by atoms with Gasteiger partial charge < -0.3 is 29.9 Å². The monoisotopic (exact) mass is 672 g/mol. The number of phenolic OH excluding ortho intramolecular Hbond substituents is 1. The van der Waals surface area contributed by atoms with E-state index in [9.17, 15) is 24.8 Å². The molecular weight excluding hydrogens is 650 g/mol. The van der Waals surface area contributed by atoms with Crippen LogP contribution in [0.1, 0.15) is 23.2 Å². The molecule has 11 nitrogen and oxygen atoms in total. The van der Waals surface area contributed by atoms with Crippen molar-refractivity contribution in [1.29, 1.82) is 0 Å². The van der Waals surface area contributed by atoms with Crippen LogP contribution < -0.4 is 25.8 Å². The lowest BCUT2D eigenvalue weighted by molar-refractivity contribution is -0.757. The number of anilines is 1. The molecule has 4 rings (SSSR count). The van der Waals surface area contributed by atoms with E-state index < -0.39 is 26.1 Å². The second-order valence-corrected chi connectivity index (χ2v) is 29.6. The van der Waals surface area contributed by atoms with Crippen LogP contribution >= 0.6 is 30.9 Å². The summed E-state index contributed by atoms with van der Waals surface area (Å²) < 4.78 is 11.7. The van der Waals surface area contributed by atoms with Gasteiger partial charge in [0.1, 0.15) is 22.8 Å². The van der Waals surface area contributed by atoms with Crippen molar-refractivity contribution in [3.63, 3.8) is 0 Å². The van der Waals surface area contributed by atoms with E-state index in [1.165, 1.54) is 18.2 Å². The first kappa shape index (κ1) is 31.1. The van der Waals surface area contributed by atoms with E-state index >= 15 is 0 Å². The summed E-state index contributed by atoms with van der Waals surface area (Å²) >= 11 is 15.1. The van der Waals surface area contributed by atoms with Crippen molar-refractivity contribution in [3.05, 3.63) is 82.4 Å². The van der Waals surface area contributed by atoms with E-state index in [2.05, 4.69) is 4.84 Å². The summed E-state index contributed by atoms with van der Waals surface area (Å²) in [5.74, 6) is -0.504. The molecule has 0 unspecified atom stereocenters. The lowest BCUT2D eigenvalue weighted by Gasteiger charge is -2.40. The lowest BCUT2D eigenvalue weighted by atomic mass is 10.2. The number of nitrogen functional groups attached to an aromatic ring is 1. The molecule has 0 aromatic heterocycles. The molecule has 0 saturated carbocycles. The van der Waals surface area contributed by atoms with Gasteiger partial charge in [0.05, 0.1) is 22.1 Å². The number of unbranched alkanes of at least 4 members (excludes halogenated alkanes) is 1. The molecule has 1 aliphatic heterocycles. The second kappa shape index (κ2) is 13.5. The minimum Gasteiger partial charge on any atom is -0.508 e. The Morgan fingerprint density at radius 2 is 1.49 bits per heavy atom. The maximum absolute atomic E-state index is 12.5. The summed E-state index contributed by atoms with van der Waals surface area (Å²) in [4.78, 5) is 39.4. The Morgan fingerprint density at radius 1 is 0.902 bits per heavy atom. The largest absolute Gasteiger partial charge is 0.519 e. The molecule has 0 aliphatic carbocycles. The van der Waals surface area contributed by atoms with E-state index in [0.29, 0.717) is 12.8 Å². The first-order valence-corrected chi connectivity index (χ1v) is 21.4. The van der Waals surface area contributed by atoms with Gasteiger partial charge in [-0.2, -0.15) is 0 Å². The summed E-state index contributed by atoms with van der Waals surface area (Å²) in [5.41, 5.74) is 5.94. The van der Waals surface area contributed by atoms with Crippen molar-refractivity contribution in [2.45, 2.75) is 12.8 Å². The zero-order valence-corrected chi connectivity index (χ0v) is 26.0. The Labute approximate surface area is 252 Å². The summed E-state index contributed by atoms with van der Waals surface area (Å²) in [6.45, 7) is -0.148. The normalized spacial score (nSPS) is 19.4. The van der Waals surface area contributed by atoms with Gasteiger partial charge in [-0.1, -0.05) is 45.6 Å². The number of ether oxygens (including phenoxy) is 3. The minimum absolute atomic E-state index is 0.0297. The Balaban J connectivity index is 1.32. The Bertz CT molecular complexity index is 1540. The molecule has 17 heteroatoms. The van der Waals surface area contributed by atoms with Crippen molar-refractivity contribution in [2.24, 2.45) is 0 Å². The second-order valence-electron chi connectivity index (χ2n) is 8.28. The predicted molar refractivity (Wildman–Crippen MR) is 168 cm³/mol. The van der Waals surface area contributed by atoms with Crippen molar-refractivity contribution in [2.75, 3.05) is 18.9 Å². The average Bonchev–Trinajstić information content (AvgIpc) is 2.91. The Kier molecular flexibility index (Phi) is 10.2. The van der Waals surface area contributed by atoms with E-state index in [4.69, 9.17) is 43.6 Å². The van der Waals surface area contributed by atoms with Crippen LogP contribution in [-0.2, 0) is 33.2 Å². The van der Waals surface area contributed by atoms with E-state index in [1.54, 1.807) is 58.4 Å². The molecule has 1 fully saturated rings. The highest BCUT2D eigenvalue weighted by Crippen LogP contribution is 3.04. The summed E-state index contributed by atoms with van der Waals surface area (Å²) in [5, 5.41) is 20.7. The summed E-state index contributed by atoms with van der Waals surface area (Å²) in [6, 6.07) is 17.8. The van der Waals surface area contributed by atoms with Gasteiger partial charge in [0, 0.05) is 16.3 Å². The van der Waals surface area contributed by atoms with Crippen molar-refractivity contribution < 1.29 is 38.8 Å². The Morgan fingerprint density at radius 3 is 2.10 bits per heavy atom. The molecule has 3 aromatic rings. The predicted octanol–water partition coefficient (Wildman–Crippen LogP) is 5.75. The molecule has 0 radical (unpaired) electrons. The number of hydrogen-bond acceptors (Lipinski definition) is 14. The van der Waals surface area contributed by atoms with Crippen molar-refractivity contribution >= 4 is 82.9 Å². The highest BCUT2D eigenvalue weighted by atomic mass is 33.7. The number of carbonyl (C=O) groups excluding carboxylic acids is 2. The first-order valence-electron chi connectivity index (χ1n) is 11.7. The third-order valence-electron chi connectivity index (χ3n) is 5.34. The number of rotatable bonds is 11. The quantitative estimate of drug-likeness (QED) is 0.0482. The summed E-state index contributed by atoms with van der Waals surface area (Å²) in [7, 11) is 0. The smallest absolute Gasteiger partial charge is 0.508 e. The average molecular weight is 673 g/mol. The van der Waals surface area contributed by atoms with Gasteiger partial charge >= 0.3 is 12.1 Å². The van der Waals surface area contributed by atoms with Crippen LogP contribution in [0.15, 0.2) is 66.7 Å². The molecule has 1 aliphatic rings. The van der Waals surface area contributed by atoms with E-state index in [1.807, 2.05) is 12.1 Å². The lowest BCUT2D eigenvalue weighted by Crippen LogP contribution is -2.17. The van der Waals surface area contributed by atoms with Crippen LogP contribution in [0.4, 0.5) is 10.5 Å². The molecule has 3 aromatic carbocycles. The molecular formula is C24H22N2O9P2S4. The molecule has 1 saturated heterocycles. The number of carbonyl (C=O) groups is 2. The van der Waals surface area contributed by atoms with Crippen molar-refractivity contribution in [3.8, 4) is 17.2 Å². The number of esters is 1. The van der Waals surface area contributed by atoms with Crippen LogP contribution in [0.25, 0.3) is 0 Å². The fraction of sp³-hybridized carbons (Fsp3) is 0.167. The first-order chi connectivity index (χ1) is 19.5. The van der Waals surface area contributed by atoms with Gasteiger partial charge in [-0.3, -0.25) is 0 Å². The SMILES string of the molecule is Nc1ccc(OC(=O)Oc2ccc(P3(=S)SP(=S)(c4ccc(O)cc4)S3)cc2)c(C(=O)OCCCCO[N+](=O)[O-])c1. The van der Waals surface area contributed by atoms with Crippen molar-refractivity contribution in [1.82, 2.24) is 0 Å². The zero-order chi connectivity index (χ0) is 29.6. The minimum atomic E-state index is -2.02. The molecule has 0 amide bonds. The number of benzene rings is 3. The summed E-state index contributed by atoms with van der Waals surface area (Å²) in [6.07, 6.45) is -0.446. The standard InChI is InChI=1S/C24H22N2O9P2S4/c25-16-3-12-22(21(15-16)23(28)32-13-1-2-14-33-26(30)31)35-24(29)34-18-6-10-20(11-7-18)37(39)40-36(38,41-37)19-8-4-17(27)5-9-19/h3-12,15,27H,1-2,13-14,25H2. The Hall–Kier alpha value is -2.80. The topological polar surface area (TPSA) is 160 Å². The van der Waals surface area contributed by atoms with Crippen LogP contribution in [0.5, 0.6) is 17.2 Å². The van der Waals surface area contributed by atoms with Gasteiger partial charge in [-0.05, 0) is 79.6 Å². The molecule has 41 heavy (non-hydrogen) atoms. The fourth-order valence-electron chi connectivity index (χ4n) is 3.40. The van der Waals surface area contributed by atoms with Gasteiger partial charge in [0.15, 0.2) is 0 Å². The van der Waals surface area contributed by atoms with E-state index in [-0.39, 0.29) is 41.7 Å². The van der Waals surface area contributed by atoms with E-state index in [0.717, 1.165) is 10.6 Å². The van der Waals surface area contributed by atoms with Gasteiger partial charge in [0.25, 0.3) is 5.09 Å². The molecule has 0 bridgehead atoms. The van der Waals surface area contributed by atoms with Crippen LogP contribution in [0.3, 0.4) is 0 Å². The molecule has 0 spiro atoms. The molecule has 216 valence electrons. The van der Waals surface area contributed by atoms with Gasteiger partial charge in [-0.15, -0.1) is 10.1 Å². The number of nitrogens with zero attached hydrogens (tertiary/aromatic N) is 1. The highest BCUT2D eigenvalue weighted by molar-refractivity contribution is 9.48.